The fraction of sp³-hybridized carbons (Fsp3) is 0.641. The SMILES string of the molecule is N=C(N)c1ccc2c(c1)N(CC1CS3(CCCCCCC3)c3ccccc31)C(C(=O)N[C@H]1CC[C@H](N)CC1)C2C1CCCCCC1. The number of carbonyl (C=O) groups is 1. The third-order valence-corrected chi connectivity index (χ3v) is 16.8. The topological polar surface area (TPSA) is 108 Å². The fourth-order valence-electron chi connectivity index (χ4n) is 9.95. The Balaban J connectivity index is 1.27. The van der Waals surface area contributed by atoms with Crippen LogP contribution in [0.25, 0.3) is 0 Å². The van der Waals surface area contributed by atoms with Gasteiger partial charge in [0, 0.05) is 41.7 Å². The Morgan fingerprint density at radius 2 is 1.52 bits per heavy atom. The molecule has 3 unspecified atom stereocenters. The highest BCUT2D eigenvalue weighted by molar-refractivity contribution is 8.34. The molecule has 3 aliphatic heterocycles. The van der Waals surface area contributed by atoms with Gasteiger partial charge in [-0.15, -0.1) is 0 Å². The smallest absolute Gasteiger partial charge is 0.243 e. The molecule has 3 heterocycles. The number of nitrogens with one attached hydrogen (secondary N) is 2. The normalized spacial score (nSPS) is 30.5. The van der Waals surface area contributed by atoms with E-state index in [1.807, 2.05) is 6.07 Å². The number of amides is 1. The Hall–Kier alpha value is -2.51. The molecule has 1 amide bonds. The predicted molar refractivity (Wildman–Crippen MR) is 194 cm³/mol. The minimum absolute atomic E-state index is 0.101. The van der Waals surface area contributed by atoms with Crippen molar-refractivity contribution in [2.75, 3.05) is 28.7 Å². The molecule has 6 nitrogen and oxygen atoms in total. The standard InChI is InChI=1S/C39H57N5OS/c40-30-17-19-31(20-18-30)43-39(45)37-36(27-12-6-2-3-7-13-27)33-21-16-28(38(41)42)24-34(33)44(37)25-29-26-46(22-10-4-1-5-11-23-46)35-15-9-8-14-32(29)35/h8-9,14-16,21,24,27,29-31,36-37H,1-7,10-13,17-20,22-23,25-26,40H2,(H3,41,42)(H,43,45)/t29?,30-,31-,36?,37?. The fourth-order valence-corrected chi connectivity index (χ4v) is 14.8. The van der Waals surface area contributed by atoms with Crippen LogP contribution in [0.1, 0.15) is 125 Å². The zero-order valence-corrected chi connectivity index (χ0v) is 28.7. The summed E-state index contributed by atoms with van der Waals surface area (Å²) in [6.45, 7) is 0.858. The van der Waals surface area contributed by atoms with Gasteiger partial charge >= 0.3 is 0 Å². The molecule has 2 aliphatic carbocycles. The van der Waals surface area contributed by atoms with Crippen LogP contribution in [0, 0.1) is 11.3 Å². The highest BCUT2D eigenvalue weighted by Crippen LogP contribution is 2.66. The summed E-state index contributed by atoms with van der Waals surface area (Å²) in [6, 6.07) is 16.0. The van der Waals surface area contributed by atoms with Crippen LogP contribution in [0.3, 0.4) is 0 Å². The predicted octanol–water partition coefficient (Wildman–Crippen LogP) is 7.52. The molecule has 0 bridgehead atoms. The lowest BCUT2D eigenvalue weighted by atomic mass is 9.78. The molecule has 1 spiro atoms. The number of hydrogen-bond acceptors (Lipinski definition) is 4. The lowest BCUT2D eigenvalue weighted by Gasteiger charge is -2.40. The summed E-state index contributed by atoms with van der Waals surface area (Å²) in [5, 5.41) is 11.9. The highest BCUT2D eigenvalue weighted by atomic mass is 32.3. The number of nitrogens with two attached hydrogens (primary N) is 2. The van der Waals surface area contributed by atoms with Crippen LogP contribution in [0.15, 0.2) is 47.4 Å². The van der Waals surface area contributed by atoms with Crippen molar-refractivity contribution in [1.82, 2.24) is 5.32 Å². The van der Waals surface area contributed by atoms with Crippen LogP contribution >= 0.6 is 10.0 Å². The molecule has 2 aromatic rings. The van der Waals surface area contributed by atoms with Gasteiger partial charge in [0.25, 0.3) is 0 Å². The van der Waals surface area contributed by atoms with Crippen molar-refractivity contribution in [3.63, 3.8) is 0 Å². The largest absolute Gasteiger partial charge is 0.384 e. The highest BCUT2D eigenvalue weighted by Gasteiger charge is 2.49. The molecule has 1 saturated heterocycles. The number of rotatable bonds is 6. The maximum absolute atomic E-state index is 14.8. The molecule has 0 radical (unpaired) electrons. The molecule has 3 atom stereocenters. The summed E-state index contributed by atoms with van der Waals surface area (Å²) >= 11 is 0. The summed E-state index contributed by atoms with van der Waals surface area (Å²) in [5.74, 6) is 5.36. The first-order valence-electron chi connectivity index (χ1n) is 18.6. The molecular formula is C39H57N5OS. The Bertz CT molecular complexity index is 1390. The van der Waals surface area contributed by atoms with Crippen molar-refractivity contribution in [1.29, 1.82) is 5.41 Å². The summed E-state index contributed by atoms with van der Waals surface area (Å²) in [4.78, 5) is 19.0. The van der Waals surface area contributed by atoms with Gasteiger partial charge in [-0.25, -0.2) is 10.0 Å². The molecule has 7 rings (SSSR count). The lowest BCUT2D eigenvalue weighted by Crippen LogP contribution is -2.53. The van der Waals surface area contributed by atoms with Gasteiger partial charge in [0.1, 0.15) is 11.9 Å². The van der Waals surface area contributed by atoms with E-state index in [0.29, 0.717) is 11.8 Å². The maximum atomic E-state index is 14.8. The zero-order chi connectivity index (χ0) is 31.7. The summed E-state index contributed by atoms with van der Waals surface area (Å²) in [5.41, 5.74) is 17.1. The Labute approximate surface area is 278 Å². The monoisotopic (exact) mass is 643 g/mol. The number of anilines is 1. The quantitative estimate of drug-likeness (QED) is 0.148. The van der Waals surface area contributed by atoms with E-state index >= 15 is 0 Å². The van der Waals surface area contributed by atoms with Gasteiger partial charge in [0.05, 0.1) is 0 Å². The number of nitrogen functional groups attached to an aromatic ring is 1. The van der Waals surface area contributed by atoms with Gasteiger partial charge in [-0.3, -0.25) is 10.2 Å². The summed E-state index contributed by atoms with van der Waals surface area (Å²) < 4.78 is 0. The average molecular weight is 644 g/mol. The van der Waals surface area contributed by atoms with Gasteiger partial charge in [-0.1, -0.05) is 75.3 Å². The van der Waals surface area contributed by atoms with E-state index < -0.39 is 10.0 Å². The molecule has 0 aromatic heterocycles. The third-order valence-electron chi connectivity index (χ3n) is 12.3. The molecule has 2 saturated carbocycles. The molecule has 250 valence electrons. The Kier molecular flexibility index (Phi) is 9.70. The van der Waals surface area contributed by atoms with E-state index in [1.165, 1.54) is 93.5 Å². The van der Waals surface area contributed by atoms with E-state index in [2.05, 4.69) is 46.6 Å². The van der Waals surface area contributed by atoms with Gasteiger partial charge in [0.2, 0.25) is 5.91 Å². The van der Waals surface area contributed by atoms with Crippen LogP contribution in [0.2, 0.25) is 0 Å². The number of amidine groups is 1. The van der Waals surface area contributed by atoms with E-state index in [1.54, 1.807) is 10.5 Å². The Morgan fingerprint density at radius 1 is 0.848 bits per heavy atom. The van der Waals surface area contributed by atoms with Crippen LogP contribution < -0.4 is 21.7 Å². The molecule has 3 fully saturated rings. The average Bonchev–Trinajstić information content (AvgIpc) is 3.37. The van der Waals surface area contributed by atoms with Crippen molar-refractivity contribution in [2.45, 2.75) is 131 Å². The van der Waals surface area contributed by atoms with Gasteiger partial charge in [0.15, 0.2) is 0 Å². The molecule has 46 heavy (non-hydrogen) atoms. The van der Waals surface area contributed by atoms with Gasteiger partial charge in [-0.2, -0.15) is 0 Å². The summed E-state index contributed by atoms with van der Waals surface area (Å²) in [7, 11) is -0.869. The van der Waals surface area contributed by atoms with E-state index in [9.17, 15) is 4.79 Å². The van der Waals surface area contributed by atoms with Crippen molar-refractivity contribution in [3.05, 3.63) is 59.2 Å². The third kappa shape index (κ3) is 6.35. The second-order valence-electron chi connectivity index (χ2n) is 15.3. The van der Waals surface area contributed by atoms with Crippen LogP contribution in [0.4, 0.5) is 5.69 Å². The molecule has 5 aliphatic rings. The first-order chi connectivity index (χ1) is 22.4. The van der Waals surface area contributed by atoms with E-state index in [4.69, 9.17) is 16.9 Å². The van der Waals surface area contributed by atoms with Gasteiger partial charge in [-0.05, 0) is 103 Å². The second kappa shape index (κ2) is 13.9. The van der Waals surface area contributed by atoms with Crippen molar-refractivity contribution in [2.24, 2.45) is 17.4 Å². The summed E-state index contributed by atoms with van der Waals surface area (Å²) in [6.07, 6.45) is 18.2. The number of nitrogens with zero attached hydrogens (tertiary/aromatic N) is 1. The van der Waals surface area contributed by atoms with Crippen LogP contribution in [0.5, 0.6) is 0 Å². The Morgan fingerprint density at radius 3 is 2.24 bits per heavy atom. The van der Waals surface area contributed by atoms with Crippen LogP contribution in [-0.4, -0.2) is 53.7 Å². The molecule has 2 aromatic carbocycles. The molecule has 6 N–H and O–H groups in total. The molecular weight excluding hydrogens is 587 g/mol. The first kappa shape index (κ1) is 32.1. The van der Waals surface area contributed by atoms with E-state index in [-0.39, 0.29) is 35.8 Å². The number of fused-ring (bicyclic) bond motifs is 3. The number of hydrogen-bond donors (Lipinski definition) is 4. The van der Waals surface area contributed by atoms with E-state index in [0.717, 1.165) is 43.5 Å². The zero-order valence-electron chi connectivity index (χ0n) is 27.9. The van der Waals surface area contributed by atoms with Crippen LogP contribution in [-0.2, 0) is 4.79 Å². The maximum Gasteiger partial charge on any atom is 0.243 e. The lowest BCUT2D eigenvalue weighted by molar-refractivity contribution is -0.124. The van der Waals surface area contributed by atoms with Crippen molar-refractivity contribution >= 4 is 27.5 Å². The molecule has 7 heteroatoms. The minimum atomic E-state index is -0.869. The van der Waals surface area contributed by atoms with Crippen molar-refractivity contribution in [3.8, 4) is 0 Å². The van der Waals surface area contributed by atoms with Gasteiger partial charge < -0.3 is 21.7 Å². The number of carbonyl (C=O) groups excluding carboxylic acids is 1. The number of benzene rings is 2. The van der Waals surface area contributed by atoms with Crippen molar-refractivity contribution < 1.29 is 4.79 Å². The second-order valence-corrected chi connectivity index (χ2v) is 19.0. The minimum Gasteiger partial charge on any atom is -0.384 e. The first-order valence-corrected chi connectivity index (χ1v) is 20.7.